The minimum atomic E-state index is 0.254. The zero-order valence-corrected chi connectivity index (χ0v) is 13.6. The fraction of sp³-hybridized carbons (Fsp3) is 0.765. The fourth-order valence-electron chi connectivity index (χ4n) is 3.01. The van der Waals surface area contributed by atoms with E-state index in [0.29, 0.717) is 5.92 Å². The van der Waals surface area contributed by atoms with E-state index in [1.807, 2.05) is 11.3 Å². The number of hydrogen-bond donors (Lipinski definition) is 1. The van der Waals surface area contributed by atoms with E-state index in [2.05, 4.69) is 32.9 Å². The van der Waals surface area contributed by atoms with Gasteiger partial charge in [-0.25, -0.2) is 0 Å². The van der Waals surface area contributed by atoms with Crippen LogP contribution in [0.1, 0.15) is 81.5 Å². The molecule has 0 radical (unpaired) electrons. The van der Waals surface area contributed by atoms with Gasteiger partial charge < -0.3 is 5.73 Å². The molecule has 2 N–H and O–H groups in total. The van der Waals surface area contributed by atoms with Crippen molar-refractivity contribution in [3.63, 3.8) is 0 Å². The van der Waals surface area contributed by atoms with E-state index in [1.165, 1.54) is 54.7 Å². The molecule has 108 valence electrons. The van der Waals surface area contributed by atoms with Crippen molar-refractivity contribution in [2.75, 3.05) is 0 Å². The van der Waals surface area contributed by atoms with Crippen molar-refractivity contribution in [2.24, 2.45) is 11.7 Å². The van der Waals surface area contributed by atoms with Gasteiger partial charge in [-0.15, -0.1) is 11.3 Å². The van der Waals surface area contributed by atoms with E-state index < -0.39 is 0 Å². The largest absolute Gasteiger partial charge is 0.323 e. The van der Waals surface area contributed by atoms with E-state index >= 15 is 0 Å². The lowest BCUT2D eigenvalue weighted by atomic mass is 9.85. The van der Waals surface area contributed by atoms with E-state index in [1.54, 1.807) is 0 Å². The third-order valence-corrected chi connectivity index (χ3v) is 5.96. The SMILES string of the molecule is CC(C)(C)c1ccc(C(N)C2CCCCCCC2)s1. The van der Waals surface area contributed by atoms with Gasteiger partial charge >= 0.3 is 0 Å². The summed E-state index contributed by atoms with van der Waals surface area (Å²) in [6.45, 7) is 6.85. The lowest BCUT2D eigenvalue weighted by molar-refractivity contribution is 0.330. The van der Waals surface area contributed by atoms with E-state index in [0.717, 1.165) is 0 Å². The Labute approximate surface area is 122 Å². The van der Waals surface area contributed by atoms with Crippen molar-refractivity contribution in [1.82, 2.24) is 0 Å². The molecule has 1 unspecified atom stereocenters. The van der Waals surface area contributed by atoms with Gasteiger partial charge in [-0.2, -0.15) is 0 Å². The first-order valence-electron chi connectivity index (χ1n) is 7.84. The summed E-state index contributed by atoms with van der Waals surface area (Å²) in [7, 11) is 0. The van der Waals surface area contributed by atoms with Crippen molar-refractivity contribution >= 4 is 11.3 Å². The Morgan fingerprint density at radius 1 is 1.05 bits per heavy atom. The average Bonchev–Trinajstić information content (AvgIpc) is 2.76. The highest BCUT2D eigenvalue weighted by Crippen LogP contribution is 2.37. The maximum Gasteiger partial charge on any atom is 0.0418 e. The highest BCUT2D eigenvalue weighted by Gasteiger charge is 2.23. The lowest BCUT2D eigenvalue weighted by Gasteiger charge is -2.25. The molecule has 2 rings (SSSR count). The van der Waals surface area contributed by atoms with Crippen LogP contribution in [0.5, 0.6) is 0 Å². The maximum absolute atomic E-state index is 6.56. The Hall–Kier alpha value is -0.340. The van der Waals surface area contributed by atoms with Gasteiger partial charge in [-0.1, -0.05) is 52.9 Å². The van der Waals surface area contributed by atoms with E-state index in [9.17, 15) is 0 Å². The summed E-state index contributed by atoms with van der Waals surface area (Å²) in [5.74, 6) is 0.701. The van der Waals surface area contributed by atoms with Crippen molar-refractivity contribution in [1.29, 1.82) is 0 Å². The number of rotatable bonds is 2. The van der Waals surface area contributed by atoms with Crippen LogP contribution in [-0.4, -0.2) is 0 Å². The van der Waals surface area contributed by atoms with Gasteiger partial charge in [0.25, 0.3) is 0 Å². The molecule has 0 aromatic carbocycles. The highest BCUT2D eigenvalue weighted by atomic mass is 32.1. The molecule has 1 atom stereocenters. The third kappa shape index (κ3) is 4.06. The van der Waals surface area contributed by atoms with Crippen molar-refractivity contribution in [3.05, 3.63) is 21.9 Å². The summed E-state index contributed by atoms with van der Waals surface area (Å²) in [5, 5.41) is 0. The van der Waals surface area contributed by atoms with Gasteiger partial charge in [0.05, 0.1) is 0 Å². The summed E-state index contributed by atoms with van der Waals surface area (Å²) >= 11 is 1.93. The lowest BCUT2D eigenvalue weighted by Crippen LogP contribution is -2.21. The molecule has 1 fully saturated rings. The van der Waals surface area contributed by atoms with Crippen LogP contribution in [0.2, 0.25) is 0 Å². The van der Waals surface area contributed by atoms with Crippen LogP contribution in [0.15, 0.2) is 12.1 Å². The summed E-state index contributed by atoms with van der Waals surface area (Å²) in [6, 6.07) is 4.82. The summed E-state index contributed by atoms with van der Waals surface area (Å²) in [4.78, 5) is 2.86. The van der Waals surface area contributed by atoms with Gasteiger partial charge in [0.15, 0.2) is 0 Å². The molecule has 19 heavy (non-hydrogen) atoms. The second-order valence-electron chi connectivity index (χ2n) is 7.08. The maximum atomic E-state index is 6.56. The van der Waals surface area contributed by atoms with Crippen LogP contribution in [-0.2, 0) is 5.41 Å². The molecule has 1 saturated carbocycles. The Morgan fingerprint density at radius 2 is 1.63 bits per heavy atom. The van der Waals surface area contributed by atoms with Crippen LogP contribution >= 0.6 is 11.3 Å². The molecule has 1 aliphatic carbocycles. The topological polar surface area (TPSA) is 26.0 Å². The average molecular weight is 279 g/mol. The molecular weight excluding hydrogens is 250 g/mol. The molecule has 2 heteroatoms. The second-order valence-corrected chi connectivity index (χ2v) is 8.20. The Bertz CT molecular complexity index is 380. The summed E-state index contributed by atoms with van der Waals surface area (Å²) < 4.78 is 0. The minimum absolute atomic E-state index is 0.254. The predicted molar refractivity (Wildman–Crippen MR) is 85.8 cm³/mol. The van der Waals surface area contributed by atoms with Gasteiger partial charge in [0.2, 0.25) is 0 Å². The summed E-state index contributed by atoms with van der Waals surface area (Å²) in [5.41, 5.74) is 6.81. The summed E-state index contributed by atoms with van der Waals surface area (Å²) in [6.07, 6.45) is 9.62. The van der Waals surface area contributed by atoms with Gasteiger partial charge in [-0.05, 0) is 36.3 Å². The van der Waals surface area contributed by atoms with Crippen LogP contribution in [0.4, 0.5) is 0 Å². The van der Waals surface area contributed by atoms with Crippen LogP contribution in [0.25, 0.3) is 0 Å². The molecule has 1 aromatic heterocycles. The van der Waals surface area contributed by atoms with Crippen LogP contribution < -0.4 is 5.73 Å². The zero-order chi connectivity index (χ0) is 13.9. The highest BCUT2D eigenvalue weighted by molar-refractivity contribution is 7.12. The molecule has 1 aromatic rings. The molecule has 1 heterocycles. The first-order chi connectivity index (χ1) is 8.98. The third-order valence-electron chi connectivity index (χ3n) is 4.35. The van der Waals surface area contributed by atoms with Crippen molar-refractivity contribution in [3.8, 4) is 0 Å². The quantitative estimate of drug-likeness (QED) is 0.770. The number of thiophene rings is 1. The monoisotopic (exact) mass is 279 g/mol. The van der Waals surface area contributed by atoms with Gasteiger partial charge in [-0.3, -0.25) is 0 Å². The van der Waals surface area contributed by atoms with Crippen LogP contribution in [0.3, 0.4) is 0 Å². The molecule has 1 nitrogen and oxygen atoms in total. The first kappa shape index (κ1) is 15.1. The van der Waals surface area contributed by atoms with Gasteiger partial charge in [0, 0.05) is 15.8 Å². The molecule has 0 spiro atoms. The van der Waals surface area contributed by atoms with E-state index in [4.69, 9.17) is 5.73 Å². The standard InChI is InChI=1S/C17H29NS/c1-17(2,3)15-12-11-14(19-15)16(18)13-9-7-5-4-6-8-10-13/h11-13,16H,4-10,18H2,1-3H3. The normalized spacial score (nSPS) is 20.8. The Morgan fingerprint density at radius 3 is 2.16 bits per heavy atom. The van der Waals surface area contributed by atoms with E-state index in [-0.39, 0.29) is 11.5 Å². The smallest absolute Gasteiger partial charge is 0.0418 e. The van der Waals surface area contributed by atoms with Crippen molar-refractivity contribution < 1.29 is 0 Å². The van der Waals surface area contributed by atoms with Gasteiger partial charge in [0.1, 0.15) is 0 Å². The Kier molecular flexibility index (Phi) is 5.08. The number of hydrogen-bond acceptors (Lipinski definition) is 2. The van der Waals surface area contributed by atoms with Crippen molar-refractivity contribution in [2.45, 2.75) is 77.2 Å². The molecular formula is C17H29NS. The predicted octanol–water partition coefficient (Wildman–Crippen LogP) is 5.41. The molecule has 0 bridgehead atoms. The Balaban J connectivity index is 2.05. The fourth-order valence-corrected chi connectivity index (χ4v) is 4.18. The second kappa shape index (κ2) is 6.41. The minimum Gasteiger partial charge on any atom is -0.323 e. The molecule has 1 aliphatic rings. The molecule has 0 saturated heterocycles. The number of nitrogens with two attached hydrogens (primary N) is 1. The zero-order valence-electron chi connectivity index (χ0n) is 12.7. The first-order valence-corrected chi connectivity index (χ1v) is 8.66. The van der Waals surface area contributed by atoms with Crippen LogP contribution in [0, 0.1) is 5.92 Å². The molecule has 0 aliphatic heterocycles. The molecule has 0 amide bonds.